The lowest BCUT2D eigenvalue weighted by atomic mass is 10.1. The number of para-hydroxylation sites is 1. The zero-order valence-electron chi connectivity index (χ0n) is 10.1. The van der Waals surface area contributed by atoms with E-state index in [0.29, 0.717) is 5.69 Å². The third kappa shape index (κ3) is 3.36. The zero-order valence-corrected chi connectivity index (χ0v) is 13.3. The molecular weight excluding hydrogens is 348 g/mol. The molecule has 0 amide bonds. The summed E-state index contributed by atoms with van der Waals surface area (Å²) in [5.74, 6) is 0. The molecule has 0 radical (unpaired) electrons. The van der Waals surface area contributed by atoms with Crippen LogP contribution in [0.4, 0.5) is 5.69 Å². The van der Waals surface area contributed by atoms with Gasteiger partial charge in [0.25, 0.3) is 10.0 Å². The molecule has 1 atom stereocenters. The molecule has 0 spiro atoms. The van der Waals surface area contributed by atoms with E-state index < -0.39 is 10.0 Å². The number of sulfonamides is 1. The van der Waals surface area contributed by atoms with Crippen molar-refractivity contribution in [2.45, 2.75) is 17.2 Å². The van der Waals surface area contributed by atoms with Gasteiger partial charge in [-0.15, -0.1) is 11.3 Å². The average molecular weight is 361 g/mol. The molecule has 1 heterocycles. The van der Waals surface area contributed by atoms with Gasteiger partial charge in [0.2, 0.25) is 0 Å². The number of rotatable bonds is 4. The summed E-state index contributed by atoms with van der Waals surface area (Å²) in [5.41, 5.74) is 7.18. The van der Waals surface area contributed by atoms with Gasteiger partial charge < -0.3 is 5.73 Å². The van der Waals surface area contributed by atoms with Gasteiger partial charge in [0.1, 0.15) is 4.21 Å². The molecule has 102 valence electrons. The fourth-order valence-electron chi connectivity index (χ4n) is 1.70. The van der Waals surface area contributed by atoms with E-state index in [1.54, 1.807) is 25.1 Å². The van der Waals surface area contributed by atoms with Gasteiger partial charge >= 0.3 is 0 Å². The lowest BCUT2D eigenvalue weighted by molar-refractivity contribution is 0.569. The van der Waals surface area contributed by atoms with Crippen molar-refractivity contribution in [3.8, 4) is 0 Å². The van der Waals surface area contributed by atoms with Gasteiger partial charge in [0, 0.05) is 11.7 Å². The van der Waals surface area contributed by atoms with Crippen LogP contribution in [0.1, 0.15) is 18.5 Å². The molecule has 1 aromatic carbocycles. The van der Waals surface area contributed by atoms with Crippen molar-refractivity contribution in [1.29, 1.82) is 0 Å². The Hall–Kier alpha value is -0.890. The van der Waals surface area contributed by atoms with Crippen molar-refractivity contribution >= 4 is 43.0 Å². The van der Waals surface area contributed by atoms with Gasteiger partial charge in [-0.2, -0.15) is 0 Å². The topological polar surface area (TPSA) is 72.2 Å². The Labute approximate surface area is 124 Å². The number of thiophene rings is 1. The molecule has 19 heavy (non-hydrogen) atoms. The van der Waals surface area contributed by atoms with Crippen molar-refractivity contribution in [2.24, 2.45) is 0 Å². The maximum absolute atomic E-state index is 12.2. The minimum atomic E-state index is -3.52. The van der Waals surface area contributed by atoms with Crippen LogP contribution in [0.3, 0.4) is 0 Å². The van der Waals surface area contributed by atoms with Crippen LogP contribution in [-0.4, -0.2) is 8.42 Å². The first kappa shape index (κ1) is 14.5. The van der Waals surface area contributed by atoms with E-state index in [1.165, 1.54) is 11.3 Å². The number of halogens is 1. The maximum Gasteiger partial charge on any atom is 0.250 e. The van der Waals surface area contributed by atoms with Crippen LogP contribution in [0.25, 0.3) is 0 Å². The molecule has 0 fully saturated rings. The van der Waals surface area contributed by atoms with Gasteiger partial charge in [-0.25, -0.2) is 13.1 Å². The largest absolute Gasteiger partial charge is 0.398 e. The van der Waals surface area contributed by atoms with E-state index in [-0.39, 0.29) is 10.3 Å². The second kappa shape index (κ2) is 5.62. The van der Waals surface area contributed by atoms with Gasteiger partial charge in [0.05, 0.1) is 3.79 Å². The predicted octanol–water partition coefficient (Wildman–Crippen LogP) is 3.13. The molecule has 0 bridgehead atoms. The summed E-state index contributed by atoms with van der Waals surface area (Å²) in [6, 6.07) is 10.1. The van der Waals surface area contributed by atoms with E-state index in [2.05, 4.69) is 20.7 Å². The molecule has 2 rings (SSSR count). The number of hydrogen-bond acceptors (Lipinski definition) is 4. The molecule has 2 aromatic rings. The Morgan fingerprint density at radius 2 is 1.95 bits per heavy atom. The van der Waals surface area contributed by atoms with Crippen LogP contribution < -0.4 is 10.5 Å². The number of nitrogens with one attached hydrogen (secondary N) is 1. The minimum absolute atomic E-state index is 0.278. The average Bonchev–Trinajstić information content (AvgIpc) is 2.76. The van der Waals surface area contributed by atoms with Crippen LogP contribution in [0.15, 0.2) is 44.4 Å². The molecule has 7 heteroatoms. The maximum atomic E-state index is 12.2. The van der Waals surface area contributed by atoms with Crippen molar-refractivity contribution in [3.05, 3.63) is 45.7 Å². The third-order valence-corrected chi connectivity index (χ3v) is 6.26. The van der Waals surface area contributed by atoms with E-state index in [1.807, 2.05) is 18.2 Å². The molecule has 4 nitrogen and oxygen atoms in total. The van der Waals surface area contributed by atoms with Crippen LogP contribution in [0.5, 0.6) is 0 Å². The molecule has 0 saturated carbocycles. The van der Waals surface area contributed by atoms with Gasteiger partial charge in [-0.05, 0) is 46.6 Å². The predicted molar refractivity (Wildman–Crippen MR) is 81.6 cm³/mol. The number of benzene rings is 1. The normalized spacial score (nSPS) is 13.4. The summed E-state index contributed by atoms with van der Waals surface area (Å²) in [5, 5.41) is 0. The van der Waals surface area contributed by atoms with Crippen LogP contribution in [0.2, 0.25) is 0 Å². The van der Waals surface area contributed by atoms with Gasteiger partial charge in [-0.1, -0.05) is 18.2 Å². The van der Waals surface area contributed by atoms with Gasteiger partial charge in [0.15, 0.2) is 0 Å². The molecule has 1 unspecified atom stereocenters. The lowest BCUT2D eigenvalue weighted by Crippen LogP contribution is -2.26. The summed E-state index contributed by atoms with van der Waals surface area (Å²) in [7, 11) is -3.52. The van der Waals surface area contributed by atoms with Crippen molar-refractivity contribution in [1.82, 2.24) is 4.72 Å². The smallest absolute Gasteiger partial charge is 0.250 e. The molecule has 0 saturated heterocycles. The summed E-state index contributed by atoms with van der Waals surface area (Å²) in [4.78, 5) is 0. The van der Waals surface area contributed by atoms with E-state index >= 15 is 0 Å². The molecule has 0 aliphatic carbocycles. The number of anilines is 1. The SMILES string of the molecule is CC(NS(=O)(=O)c1ccc(Br)s1)c1ccccc1N. The summed E-state index contributed by atoms with van der Waals surface area (Å²) >= 11 is 4.42. The van der Waals surface area contributed by atoms with Crippen molar-refractivity contribution < 1.29 is 8.42 Å². The monoisotopic (exact) mass is 360 g/mol. The highest BCUT2D eigenvalue weighted by Gasteiger charge is 2.21. The Kier molecular flexibility index (Phi) is 4.29. The molecular formula is C12H13BrN2O2S2. The number of nitrogens with two attached hydrogens (primary N) is 1. The summed E-state index contributed by atoms with van der Waals surface area (Å²) in [6.45, 7) is 1.77. The second-order valence-electron chi connectivity index (χ2n) is 4.03. The highest BCUT2D eigenvalue weighted by Crippen LogP contribution is 2.28. The first-order valence-corrected chi connectivity index (χ1v) is 8.61. The Bertz CT molecular complexity index is 683. The Balaban J connectivity index is 2.24. The highest BCUT2D eigenvalue weighted by atomic mass is 79.9. The summed E-state index contributed by atoms with van der Waals surface area (Å²) < 4.78 is 28.0. The lowest BCUT2D eigenvalue weighted by Gasteiger charge is -2.15. The molecule has 3 N–H and O–H groups in total. The minimum Gasteiger partial charge on any atom is -0.398 e. The van der Waals surface area contributed by atoms with Gasteiger partial charge in [-0.3, -0.25) is 0 Å². The van der Waals surface area contributed by atoms with Crippen LogP contribution >= 0.6 is 27.3 Å². The number of hydrogen-bond donors (Lipinski definition) is 2. The number of nitrogen functional groups attached to an aromatic ring is 1. The van der Waals surface area contributed by atoms with E-state index in [0.717, 1.165) is 9.35 Å². The van der Waals surface area contributed by atoms with Crippen LogP contribution in [0, 0.1) is 0 Å². The molecule has 1 aromatic heterocycles. The Morgan fingerprint density at radius 1 is 1.26 bits per heavy atom. The fourth-order valence-corrected chi connectivity index (χ4v) is 4.95. The quantitative estimate of drug-likeness (QED) is 0.822. The molecule has 0 aliphatic rings. The zero-order chi connectivity index (χ0) is 14.0. The fraction of sp³-hybridized carbons (Fsp3) is 0.167. The summed E-state index contributed by atoms with van der Waals surface area (Å²) in [6.07, 6.45) is 0. The standard InChI is InChI=1S/C12H13BrN2O2S2/c1-8(9-4-2-3-5-10(9)14)15-19(16,17)12-7-6-11(13)18-12/h2-8,15H,14H2,1H3. The van der Waals surface area contributed by atoms with E-state index in [4.69, 9.17) is 5.73 Å². The van der Waals surface area contributed by atoms with Crippen molar-refractivity contribution in [2.75, 3.05) is 5.73 Å². The third-order valence-electron chi connectivity index (χ3n) is 2.61. The first-order valence-electron chi connectivity index (χ1n) is 5.52. The van der Waals surface area contributed by atoms with E-state index in [9.17, 15) is 8.42 Å². The molecule has 0 aliphatic heterocycles. The van der Waals surface area contributed by atoms with Crippen molar-refractivity contribution in [3.63, 3.8) is 0 Å². The first-order chi connectivity index (χ1) is 8.90. The second-order valence-corrected chi connectivity index (χ2v) is 8.43. The highest BCUT2D eigenvalue weighted by molar-refractivity contribution is 9.11. The Morgan fingerprint density at radius 3 is 2.53 bits per heavy atom. The van der Waals surface area contributed by atoms with Crippen LogP contribution in [-0.2, 0) is 10.0 Å².